The fraction of sp³-hybridized carbons (Fsp3) is 0.348. The maximum absolute atomic E-state index is 14.6. The number of likely N-dealkylation sites (N-methyl/N-ethyl adjacent to an activating group) is 2. The van der Waals surface area contributed by atoms with Crippen molar-refractivity contribution >= 4 is 22.9 Å². The average Bonchev–Trinajstić information content (AvgIpc) is 2.71. The van der Waals surface area contributed by atoms with Gasteiger partial charge in [0, 0.05) is 36.4 Å². The number of allylic oxidation sites excluding steroid dienone is 2. The van der Waals surface area contributed by atoms with Crippen molar-refractivity contribution in [3.8, 4) is 0 Å². The van der Waals surface area contributed by atoms with Crippen LogP contribution in [-0.2, 0) is 0 Å². The first-order valence-corrected chi connectivity index (χ1v) is 9.90. The van der Waals surface area contributed by atoms with Crippen molar-refractivity contribution in [1.82, 2.24) is 5.32 Å². The van der Waals surface area contributed by atoms with Crippen molar-refractivity contribution in [2.75, 3.05) is 36.9 Å². The van der Waals surface area contributed by atoms with Gasteiger partial charge in [0.1, 0.15) is 11.6 Å². The summed E-state index contributed by atoms with van der Waals surface area (Å²) in [5, 5.41) is 5.68. The molecule has 0 fully saturated rings. The fourth-order valence-corrected chi connectivity index (χ4v) is 3.21. The molecule has 0 aliphatic rings. The second-order valence-electron chi connectivity index (χ2n) is 6.67. The summed E-state index contributed by atoms with van der Waals surface area (Å²) in [5.41, 5.74) is 2.38. The van der Waals surface area contributed by atoms with E-state index >= 15 is 0 Å². The summed E-state index contributed by atoms with van der Waals surface area (Å²) in [7, 11) is 1.84. The lowest BCUT2D eigenvalue weighted by Crippen LogP contribution is -2.31. The highest BCUT2D eigenvalue weighted by Gasteiger charge is 2.15. The molecule has 0 saturated heterocycles. The first-order valence-electron chi connectivity index (χ1n) is 9.90. The van der Waals surface area contributed by atoms with Crippen LogP contribution in [0.2, 0.25) is 0 Å². The Kier molecular flexibility index (Phi) is 8.34. The third kappa shape index (κ3) is 5.64. The highest BCUT2D eigenvalue weighted by atomic mass is 19.1. The summed E-state index contributed by atoms with van der Waals surface area (Å²) in [6.45, 7) is 7.82. The van der Waals surface area contributed by atoms with Gasteiger partial charge in [-0.25, -0.2) is 8.78 Å². The zero-order valence-electron chi connectivity index (χ0n) is 17.5. The number of benzene rings is 2. The van der Waals surface area contributed by atoms with E-state index in [9.17, 15) is 13.6 Å². The van der Waals surface area contributed by atoms with Crippen molar-refractivity contribution in [3.63, 3.8) is 0 Å². The molecule has 2 rings (SSSR count). The Balaban J connectivity index is 2.17. The molecule has 156 valence electrons. The SMILES string of the molecule is C/C=C(\CC)c1ccc(NC(=O)c2ccc(N(CC)CCNC)c(F)c2)cc1F. The molecule has 2 aromatic rings. The number of nitrogens with zero attached hydrogens (tertiary/aromatic N) is 1. The van der Waals surface area contributed by atoms with Crippen LogP contribution < -0.4 is 15.5 Å². The van der Waals surface area contributed by atoms with Crippen LogP contribution in [0.15, 0.2) is 42.5 Å². The van der Waals surface area contributed by atoms with Gasteiger partial charge in [-0.05, 0) is 69.3 Å². The number of amides is 1. The van der Waals surface area contributed by atoms with Crippen molar-refractivity contribution in [3.05, 3.63) is 65.2 Å². The lowest BCUT2D eigenvalue weighted by molar-refractivity contribution is 0.102. The monoisotopic (exact) mass is 401 g/mol. The van der Waals surface area contributed by atoms with Gasteiger partial charge in [-0.3, -0.25) is 4.79 Å². The van der Waals surface area contributed by atoms with E-state index in [-0.39, 0.29) is 5.56 Å². The van der Waals surface area contributed by atoms with Crippen LogP contribution in [0, 0.1) is 11.6 Å². The van der Waals surface area contributed by atoms with E-state index in [4.69, 9.17) is 0 Å². The fourth-order valence-electron chi connectivity index (χ4n) is 3.21. The molecule has 0 heterocycles. The summed E-state index contributed by atoms with van der Waals surface area (Å²) in [5.74, 6) is -1.34. The van der Waals surface area contributed by atoms with E-state index < -0.39 is 17.5 Å². The maximum Gasteiger partial charge on any atom is 0.255 e. The van der Waals surface area contributed by atoms with Crippen LogP contribution >= 0.6 is 0 Å². The number of carbonyl (C=O) groups excluding carboxylic acids is 1. The molecule has 1 amide bonds. The van der Waals surface area contributed by atoms with E-state index in [1.165, 1.54) is 12.1 Å². The summed E-state index contributed by atoms with van der Waals surface area (Å²) >= 11 is 0. The minimum atomic E-state index is -0.484. The summed E-state index contributed by atoms with van der Waals surface area (Å²) < 4.78 is 29.0. The number of hydrogen-bond donors (Lipinski definition) is 2. The lowest BCUT2D eigenvalue weighted by Gasteiger charge is -2.23. The van der Waals surface area contributed by atoms with Crippen molar-refractivity contribution in [2.24, 2.45) is 0 Å². The quantitative estimate of drug-likeness (QED) is 0.616. The Morgan fingerprint density at radius 2 is 1.86 bits per heavy atom. The smallest absolute Gasteiger partial charge is 0.255 e. The summed E-state index contributed by atoms with van der Waals surface area (Å²) in [6, 6.07) is 8.98. The molecule has 2 aromatic carbocycles. The minimum absolute atomic E-state index is 0.183. The molecule has 0 radical (unpaired) electrons. The summed E-state index contributed by atoms with van der Waals surface area (Å²) in [6.07, 6.45) is 2.59. The second kappa shape index (κ2) is 10.7. The van der Waals surface area contributed by atoms with Crippen LogP contribution in [0.4, 0.5) is 20.2 Å². The summed E-state index contributed by atoms with van der Waals surface area (Å²) in [4.78, 5) is 14.4. The first-order chi connectivity index (χ1) is 13.9. The van der Waals surface area contributed by atoms with E-state index in [1.807, 2.05) is 38.8 Å². The second-order valence-corrected chi connectivity index (χ2v) is 6.67. The van der Waals surface area contributed by atoms with Crippen molar-refractivity contribution in [1.29, 1.82) is 0 Å². The van der Waals surface area contributed by atoms with E-state index in [0.29, 0.717) is 36.4 Å². The highest BCUT2D eigenvalue weighted by molar-refractivity contribution is 6.04. The van der Waals surface area contributed by atoms with Gasteiger partial charge in [0.25, 0.3) is 5.91 Å². The van der Waals surface area contributed by atoms with Gasteiger partial charge in [-0.2, -0.15) is 0 Å². The number of carbonyl (C=O) groups is 1. The molecular formula is C23H29F2N3O. The Bertz CT molecular complexity index is 880. The van der Waals surface area contributed by atoms with Gasteiger partial charge in [0.05, 0.1) is 5.69 Å². The molecule has 0 unspecified atom stereocenters. The Hall–Kier alpha value is -2.73. The van der Waals surface area contributed by atoms with Crippen LogP contribution in [-0.4, -0.2) is 32.6 Å². The predicted octanol–water partition coefficient (Wildman–Crippen LogP) is 5.08. The lowest BCUT2D eigenvalue weighted by atomic mass is 10.0. The number of hydrogen-bond acceptors (Lipinski definition) is 3. The zero-order valence-corrected chi connectivity index (χ0v) is 17.5. The Labute approximate surface area is 171 Å². The Morgan fingerprint density at radius 1 is 1.10 bits per heavy atom. The Morgan fingerprint density at radius 3 is 2.41 bits per heavy atom. The average molecular weight is 402 g/mol. The highest BCUT2D eigenvalue weighted by Crippen LogP contribution is 2.25. The molecule has 0 bridgehead atoms. The molecule has 0 aliphatic heterocycles. The van der Waals surface area contributed by atoms with E-state index in [2.05, 4.69) is 10.6 Å². The van der Waals surface area contributed by atoms with Crippen LogP contribution in [0.3, 0.4) is 0 Å². The van der Waals surface area contributed by atoms with E-state index in [0.717, 1.165) is 12.1 Å². The standard InChI is InChI=1S/C23H29F2N3O/c1-5-16(6-2)19-10-9-18(15-20(19)24)27-23(29)17-8-11-22(21(25)14-17)28(7-3)13-12-26-4/h5,8-11,14-15,26H,6-7,12-13H2,1-4H3,(H,27,29)/b16-5+. The predicted molar refractivity (Wildman–Crippen MR) is 117 cm³/mol. The molecule has 4 nitrogen and oxygen atoms in total. The normalized spacial score (nSPS) is 11.4. The third-order valence-corrected chi connectivity index (χ3v) is 4.87. The van der Waals surface area contributed by atoms with E-state index in [1.54, 1.807) is 24.3 Å². The number of nitrogens with one attached hydrogen (secondary N) is 2. The molecule has 0 aromatic heterocycles. The molecule has 2 N–H and O–H groups in total. The van der Waals surface area contributed by atoms with Gasteiger partial charge in [0.2, 0.25) is 0 Å². The largest absolute Gasteiger partial charge is 0.368 e. The number of halogens is 2. The van der Waals surface area contributed by atoms with Crippen LogP contribution in [0.25, 0.3) is 5.57 Å². The van der Waals surface area contributed by atoms with Gasteiger partial charge in [-0.15, -0.1) is 0 Å². The minimum Gasteiger partial charge on any atom is -0.368 e. The third-order valence-electron chi connectivity index (χ3n) is 4.87. The molecular weight excluding hydrogens is 372 g/mol. The number of anilines is 2. The molecule has 0 saturated carbocycles. The van der Waals surface area contributed by atoms with Gasteiger partial charge in [-0.1, -0.05) is 13.0 Å². The topological polar surface area (TPSA) is 44.4 Å². The van der Waals surface area contributed by atoms with Crippen LogP contribution in [0.5, 0.6) is 0 Å². The molecule has 6 heteroatoms. The molecule has 0 aliphatic carbocycles. The van der Waals surface area contributed by atoms with Gasteiger partial charge < -0.3 is 15.5 Å². The van der Waals surface area contributed by atoms with Crippen molar-refractivity contribution < 1.29 is 13.6 Å². The van der Waals surface area contributed by atoms with Crippen LogP contribution in [0.1, 0.15) is 43.1 Å². The van der Waals surface area contributed by atoms with Crippen molar-refractivity contribution in [2.45, 2.75) is 27.2 Å². The zero-order chi connectivity index (χ0) is 21.4. The number of rotatable bonds is 9. The molecule has 29 heavy (non-hydrogen) atoms. The molecule has 0 atom stereocenters. The van der Waals surface area contributed by atoms with Gasteiger partial charge in [0.15, 0.2) is 0 Å². The van der Waals surface area contributed by atoms with Gasteiger partial charge >= 0.3 is 0 Å². The molecule has 0 spiro atoms. The first kappa shape index (κ1) is 22.6. The maximum atomic E-state index is 14.6.